The van der Waals surface area contributed by atoms with Crippen molar-refractivity contribution in [2.75, 3.05) is 26.7 Å². The van der Waals surface area contributed by atoms with E-state index in [-0.39, 0.29) is 30.5 Å². The first-order valence-corrected chi connectivity index (χ1v) is 13.5. The molecule has 39 heavy (non-hydrogen) atoms. The fraction of sp³-hybridized carbons (Fsp3) is 0.448. The largest absolute Gasteiger partial charge is 0.457 e. The lowest BCUT2D eigenvalue weighted by Gasteiger charge is -2.38. The maximum Gasteiger partial charge on any atom is 0.254 e. The predicted octanol–water partition coefficient (Wildman–Crippen LogP) is 3.41. The number of ether oxygens (including phenoxy) is 2. The van der Waals surface area contributed by atoms with Gasteiger partial charge in [-0.1, -0.05) is 23.4 Å². The third kappa shape index (κ3) is 5.97. The second kappa shape index (κ2) is 10.8. The molecular formula is C29H33N5O5. The second-order valence-electron chi connectivity index (χ2n) is 10.8. The maximum absolute atomic E-state index is 13.2. The summed E-state index contributed by atoms with van der Waals surface area (Å²) >= 11 is 0. The topological polar surface area (TPSA) is 110 Å². The minimum absolute atomic E-state index is 0.0687. The summed E-state index contributed by atoms with van der Waals surface area (Å²) in [5.41, 5.74) is 2.34. The third-order valence-electron chi connectivity index (χ3n) is 7.51. The number of nitrogens with one attached hydrogen (secondary N) is 1. The molecular weight excluding hydrogens is 498 g/mol. The van der Waals surface area contributed by atoms with Crippen LogP contribution in [0.25, 0.3) is 0 Å². The lowest BCUT2D eigenvalue weighted by atomic mass is 10.0. The number of hydrogen-bond donors (Lipinski definition) is 1. The highest BCUT2D eigenvalue weighted by atomic mass is 16.5. The van der Waals surface area contributed by atoms with E-state index in [1.165, 1.54) is 4.90 Å². The van der Waals surface area contributed by atoms with E-state index in [9.17, 15) is 9.59 Å². The Kier molecular flexibility index (Phi) is 7.05. The Labute approximate surface area is 227 Å². The van der Waals surface area contributed by atoms with Gasteiger partial charge in [-0.3, -0.25) is 14.5 Å². The Morgan fingerprint density at radius 3 is 2.82 bits per heavy atom. The molecule has 2 fully saturated rings. The number of aryl methyl sites for hydroxylation is 1. The van der Waals surface area contributed by atoms with Crippen molar-refractivity contribution in [3.05, 3.63) is 70.9 Å². The van der Waals surface area contributed by atoms with E-state index in [0.29, 0.717) is 48.5 Å². The van der Waals surface area contributed by atoms with E-state index < -0.39 is 0 Å². The number of piperidine rings is 1. The highest BCUT2D eigenvalue weighted by molar-refractivity contribution is 5.96. The molecule has 3 heterocycles. The van der Waals surface area contributed by atoms with Gasteiger partial charge in [0.15, 0.2) is 5.82 Å². The molecule has 2 aromatic carbocycles. The average Bonchev–Trinajstić information content (AvgIpc) is 3.67. The normalized spacial score (nSPS) is 22.7. The quantitative estimate of drug-likeness (QED) is 0.548. The summed E-state index contributed by atoms with van der Waals surface area (Å²) in [6, 6.07) is 12.8. The molecule has 1 aliphatic carbocycles. The molecule has 1 saturated heterocycles. The standard InChI is InChI=1S/C29H33N5O5/c1-18-6-7-21-13-25(18)38-22-5-3-4-19(12-22)17-37-24-10-11-34(15-26-31-28(39-32-26)20-8-9-20)14-23(24)30-27(35)16-33(2)29(21)36/h3-7,12-13,20,23-24H,8-11,14-17H2,1-2H3,(H,30,35)/t23-,24+/m0/s1. The number of fused-ring (bicyclic) bond motifs is 5. The van der Waals surface area contributed by atoms with Crippen LogP contribution in [0.4, 0.5) is 0 Å². The molecule has 1 aromatic heterocycles. The number of carbonyl (C=O) groups is 2. The number of aromatic nitrogens is 2. The molecule has 2 atom stereocenters. The zero-order chi connectivity index (χ0) is 26.9. The van der Waals surface area contributed by atoms with Crippen molar-refractivity contribution >= 4 is 11.8 Å². The molecule has 1 N–H and O–H groups in total. The Morgan fingerprint density at radius 1 is 1.10 bits per heavy atom. The molecule has 6 rings (SSSR count). The Hall–Kier alpha value is -3.76. The van der Waals surface area contributed by atoms with Crippen LogP contribution in [0, 0.1) is 6.92 Å². The first kappa shape index (κ1) is 25.5. The van der Waals surface area contributed by atoms with Crippen LogP contribution >= 0.6 is 0 Å². The van der Waals surface area contributed by atoms with Gasteiger partial charge in [-0.2, -0.15) is 4.98 Å². The first-order chi connectivity index (χ1) is 18.9. The van der Waals surface area contributed by atoms with Crippen LogP contribution in [0.2, 0.25) is 0 Å². The number of carbonyl (C=O) groups excluding carboxylic acids is 2. The molecule has 0 spiro atoms. The van der Waals surface area contributed by atoms with Crippen molar-refractivity contribution in [2.45, 2.75) is 57.4 Å². The molecule has 10 nitrogen and oxygen atoms in total. The van der Waals surface area contributed by atoms with Gasteiger partial charge >= 0.3 is 0 Å². The fourth-order valence-corrected chi connectivity index (χ4v) is 5.14. The van der Waals surface area contributed by atoms with E-state index in [1.807, 2.05) is 37.3 Å². The summed E-state index contributed by atoms with van der Waals surface area (Å²) in [5.74, 6) is 2.58. The van der Waals surface area contributed by atoms with Crippen molar-refractivity contribution in [1.29, 1.82) is 0 Å². The summed E-state index contributed by atoms with van der Waals surface area (Å²) < 4.78 is 17.9. The smallest absolute Gasteiger partial charge is 0.254 e. The minimum atomic E-state index is -0.261. The summed E-state index contributed by atoms with van der Waals surface area (Å²) in [6.07, 6.45) is 2.75. The number of likely N-dealkylation sites (N-methyl/N-ethyl adjacent to an activating group) is 1. The van der Waals surface area contributed by atoms with Crippen molar-refractivity contribution in [1.82, 2.24) is 25.3 Å². The van der Waals surface area contributed by atoms with Crippen molar-refractivity contribution in [3.63, 3.8) is 0 Å². The van der Waals surface area contributed by atoms with Crippen molar-refractivity contribution in [2.24, 2.45) is 0 Å². The number of nitrogens with zero attached hydrogens (tertiary/aromatic N) is 4. The monoisotopic (exact) mass is 531 g/mol. The zero-order valence-corrected chi connectivity index (χ0v) is 22.3. The number of likely N-dealkylation sites (tertiary alicyclic amines) is 1. The van der Waals surface area contributed by atoms with E-state index in [2.05, 4.69) is 20.4 Å². The van der Waals surface area contributed by atoms with Crippen LogP contribution in [0.1, 0.15) is 58.4 Å². The molecule has 204 valence electrons. The predicted molar refractivity (Wildman–Crippen MR) is 141 cm³/mol. The number of rotatable bonds is 3. The molecule has 4 bridgehead atoms. The van der Waals surface area contributed by atoms with E-state index in [1.54, 1.807) is 19.2 Å². The van der Waals surface area contributed by atoms with Crippen LogP contribution in [0.5, 0.6) is 11.5 Å². The lowest BCUT2D eigenvalue weighted by Crippen LogP contribution is -2.57. The Morgan fingerprint density at radius 2 is 1.97 bits per heavy atom. The summed E-state index contributed by atoms with van der Waals surface area (Å²) in [5, 5.41) is 7.29. The molecule has 3 aromatic rings. The van der Waals surface area contributed by atoms with Gasteiger partial charge in [0.1, 0.15) is 11.5 Å². The van der Waals surface area contributed by atoms with Gasteiger partial charge in [0.05, 0.1) is 31.8 Å². The van der Waals surface area contributed by atoms with Crippen molar-refractivity contribution < 1.29 is 23.6 Å². The molecule has 0 unspecified atom stereocenters. The lowest BCUT2D eigenvalue weighted by molar-refractivity contribution is -0.125. The Balaban J connectivity index is 1.22. The van der Waals surface area contributed by atoms with Gasteiger partial charge in [0.2, 0.25) is 11.8 Å². The molecule has 0 radical (unpaired) electrons. The molecule has 1 saturated carbocycles. The van der Waals surface area contributed by atoms with E-state index in [4.69, 9.17) is 14.0 Å². The van der Waals surface area contributed by atoms with E-state index in [0.717, 1.165) is 42.8 Å². The van der Waals surface area contributed by atoms with Gasteiger partial charge in [0.25, 0.3) is 5.91 Å². The van der Waals surface area contributed by atoms with Gasteiger partial charge in [-0.15, -0.1) is 0 Å². The third-order valence-corrected chi connectivity index (χ3v) is 7.51. The zero-order valence-electron chi connectivity index (χ0n) is 22.3. The van der Waals surface area contributed by atoms with Crippen LogP contribution in [-0.2, 0) is 22.7 Å². The van der Waals surface area contributed by atoms with Gasteiger partial charge in [0, 0.05) is 31.6 Å². The second-order valence-corrected chi connectivity index (χ2v) is 10.8. The molecule has 2 amide bonds. The molecule has 2 aliphatic heterocycles. The molecule has 10 heteroatoms. The molecule has 3 aliphatic rings. The van der Waals surface area contributed by atoms with Gasteiger partial charge in [-0.05, 0) is 61.6 Å². The van der Waals surface area contributed by atoms with Crippen LogP contribution in [-0.4, -0.2) is 70.6 Å². The fourth-order valence-electron chi connectivity index (χ4n) is 5.14. The minimum Gasteiger partial charge on any atom is -0.457 e. The summed E-state index contributed by atoms with van der Waals surface area (Å²) in [4.78, 5) is 34.5. The van der Waals surface area contributed by atoms with Crippen LogP contribution in [0.15, 0.2) is 47.0 Å². The van der Waals surface area contributed by atoms with Crippen LogP contribution < -0.4 is 10.1 Å². The first-order valence-electron chi connectivity index (χ1n) is 13.5. The number of benzene rings is 2. The van der Waals surface area contributed by atoms with Gasteiger partial charge in [-0.25, -0.2) is 0 Å². The average molecular weight is 532 g/mol. The number of hydrogen-bond acceptors (Lipinski definition) is 8. The van der Waals surface area contributed by atoms with Crippen LogP contribution in [0.3, 0.4) is 0 Å². The van der Waals surface area contributed by atoms with Gasteiger partial charge < -0.3 is 24.2 Å². The van der Waals surface area contributed by atoms with Crippen molar-refractivity contribution in [3.8, 4) is 11.5 Å². The highest BCUT2D eigenvalue weighted by Crippen LogP contribution is 2.39. The number of amides is 2. The Bertz CT molecular complexity index is 1370. The maximum atomic E-state index is 13.2. The van der Waals surface area contributed by atoms with E-state index >= 15 is 0 Å². The highest BCUT2D eigenvalue weighted by Gasteiger charge is 2.34. The summed E-state index contributed by atoms with van der Waals surface area (Å²) in [6.45, 7) is 4.15. The SMILES string of the molecule is Cc1ccc2cc1Oc1cccc(c1)CO[C@@H]1CCN(Cc3noc(C4CC4)n3)C[C@@H]1NC(=O)CN(C)C2=O. The summed E-state index contributed by atoms with van der Waals surface area (Å²) in [7, 11) is 1.63.